The Bertz CT molecular complexity index is 599. The fourth-order valence-electron chi connectivity index (χ4n) is 2.58. The Morgan fingerprint density at radius 1 is 1.28 bits per heavy atom. The molecule has 0 N–H and O–H groups in total. The van der Waals surface area contributed by atoms with E-state index in [-0.39, 0.29) is 11.2 Å². The molecule has 2 heterocycles. The topological polar surface area (TPSA) is 47.8 Å². The normalized spacial score (nSPS) is 17.6. The summed E-state index contributed by atoms with van der Waals surface area (Å²) in [6.07, 6.45) is 8.44. The number of hydrogen-bond acceptors (Lipinski definition) is 3. The third-order valence-corrected chi connectivity index (χ3v) is 3.37. The van der Waals surface area contributed by atoms with Crippen LogP contribution in [-0.2, 0) is 6.42 Å². The predicted octanol–water partition coefficient (Wildman–Crippen LogP) is 2.42. The Hall–Kier alpha value is -1.97. The molecule has 0 saturated carbocycles. The van der Waals surface area contributed by atoms with E-state index in [1.807, 2.05) is 16.8 Å². The first-order chi connectivity index (χ1) is 8.57. The molecule has 0 unspecified atom stereocenters. The number of fused-ring (bicyclic) bond motifs is 1. The first kappa shape index (κ1) is 11.1. The smallest absolute Gasteiger partial charge is 0.165 e. The van der Waals surface area contributed by atoms with Crippen molar-refractivity contribution in [3.8, 4) is 5.82 Å². The van der Waals surface area contributed by atoms with Gasteiger partial charge in [0.1, 0.15) is 0 Å². The number of rotatable bonds is 1. The summed E-state index contributed by atoms with van der Waals surface area (Å²) in [5.41, 5.74) is 1.90. The lowest BCUT2D eigenvalue weighted by atomic mass is 9.76. The van der Waals surface area contributed by atoms with E-state index in [1.54, 1.807) is 18.6 Å². The highest BCUT2D eigenvalue weighted by molar-refractivity contribution is 5.99. The SMILES string of the molecule is CC1(C)CC(=O)c2ccn(-c3cnccn3)c2C1. The molecule has 1 aliphatic carbocycles. The summed E-state index contributed by atoms with van der Waals surface area (Å²) in [4.78, 5) is 20.5. The molecule has 0 saturated heterocycles. The van der Waals surface area contributed by atoms with Crippen molar-refractivity contribution in [2.24, 2.45) is 5.41 Å². The van der Waals surface area contributed by atoms with Crippen LogP contribution in [0.3, 0.4) is 0 Å². The maximum atomic E-state index is 12.1. The quantitative estimate of drug-likeness (QED) is 0.770. The van der Waals surface area contributed by atoms with E-state index in [0.29, 0.717) is 6.42 Å². The van der Waals surface area contributed by atoms with Gasteiger partial charge in [-0.1, -0.05) is 13.8 Å². The zero-order chi connectivity index (χ0) is 12.8. The van der Waals surface area contributed by atoms with Crippen molar-refractivity contribution < 1.29 is 4.79 Å². The second-order valence-corrected chi connectivity index (χ2v) is 5.55. The van der Waals surface area contributed by atoms with Gasteiger partial charge in [0, 0.05) is 36.3 Å². The summed E-state index contributed by atoms with van der Waals surface area (Å²) in [6.45, 7) is 4.25. The third kappa shape index (κ3) is 1.74. The van der Waals surface area contributed by atoms with Crippen LogP contribution < -0.4 is 0 Å². The van der Waals surface area contributed by atoms with Crippen molar-refractivity contribution in [1.29, 1.82) is 0 Å². The van der Waals surface area contributed by atoms with Gasteiger partial charge in [0.25, 0.3) is 0 Å². The van der Waals surface area contributed by atoms with E-state index >= 15 is 0 Å². The summed E-state index contributed by atoms with van der Waals surface area (Å²) in [6, 6.07) is 1.89. The number of carbonyl (C=O) groups is 1. The number of Topliss-reactive ketones (excluding diaryl/α,β-unsaturated/α-hetero) is 1. The van der Waals surface area contributed by atoms with Gasteiger partial charge in [-0.05, 0) is 17.9 Å². The van der Waals surface area contributed by atoms with Crippen LogP contribution in [0.4, 0.5) is 0 Å². The molecule has 4 nitrogen and oxygen atoms in total. The minimum absolute atomic E-state index is 0.0163. The standard InChI is InChI=1S/C14H15N3O/c1-14(2)7-11-10(12(18)8-14)3-6-17(11)13-9-15-4-5-16-13/h3-6,9H,7-8H2,1-2H3. The van der Waals surface area contributed by atoms with E-state index < -0.39 is 0 Å². The first-order valence-corrected chi connectivity index (χ1v) is 6.07. The lowest BCUT2D eigenvalue weighted by molar-refractivity contribution is 0.0911. The zero-order valence-corrected chi connectivity index (χ0v) is 10.6. The van der Waals surface area contributed by atoms with E-state index in [1.165, 1.54) is 0 Å². The second-order valence-electron chi connectivity index (χ2n) is 5.55. The van der Waals surface area contributed by atoms with Crippen molar-refractivity contribution in [3.05, 3.63) is 42.1 Å². The fraction of sp³-hybridized carbons (Fsp3) is 0.357. The summed E-state index contributed by atoms with van der Waals surface area (Å²) in [7, 11) is 0. The highest BCUT2D eigenvalue weighted by Crippen LogP contribution is 2.35. The molecule has 4 heteroatoms. The number of carbonyl (C=O) groups excluding carboxylic acids is 1. The Kier molecular flexibility index (Phi) is 2.33. The van der Waals surface area contributed by atoms with Gasteiger partial charge in [0.2, 0.25) is 0 Å². The van der Waals surface area contributed by atoms with Crippen LogP contribution in [0.5, 0.6) is 0 Å². The minimum Gasteiger partial charge on any atom is -0.304 e. The predicted molar refractivity (Wildman–Crippen MR) is 67.8 cm³/mol. The van der Waals surface area contributed by atoms with Crippen molar-refractivity contribution in [2.75, 3.05) is 0 Å². The third-order valence-electron chi connectivity index (χ3n) is 3.37. The van der Waals surface area contributed by atoms with Gasteiger partial charge in [-0.25, -0.2) is 4.98 Å². The van der Waals surface area contributed by atoms with Gasteiger partial charge in [-0.15, -0.1) is 0 Å². The molecule has 0 atom stereocenters. The van der Waals surface area contributed by atoms with Gasteiger partial charge in [0.05, 0.1) is 6.20 Å². The van der Waals surface area contributed by atoms with Crippen molar-refractivity contribution in [2.45, 2.75) is 26.7 Å². The molecule has 92 valence electrons. The lowest BCUT2D eigenvalue weighted by Gasteiger charge is -2.29. The maximum absolute atomic E-state index is 12.1. The summed E-state index contributed by atoms with van der Waals surface area (Å²) in [5.74, 6) is 0.994. The minimum atomic E-state index is 0.0163. The van der Waals surface area contributed by atoms with Gasteiger partial charge < -0.3 is 4.57 Å². The molecule has 0 aliphatic heterocycles. The Morgan fingerprint density at radius 3 is 2.83 bits per heavy atom. The van der Waals surface area contributed by atoms with Gasteiger partial charge in [-0.3, -0.25) is 9.78 Å². The van der Waals surface area contributed by atoms with Crippen LogP contribution in [0.15, 0.2) is 30.9 Å². The number of hydrogen-bond donors (Lipinski definition) is 0. The number of aromatic nitrogens is 3. The highest BCUT2D eigenvalue weighted by atomic mass is 16.1. The van der Waals surface area contributed by atoms with Gasteiger partial charge in [-0.2, -0.15) is 0 Å². The Balaban J connectivity index is 2.13. The van der Waals surface area contributed by atoms with Gasteiger partial charge >= 0.3 is 0 Å². The number of ketones is 1. The van der Waals surface area contributed by atoms with Crippen LogP contribution >= 0.6 is 0 Å². The molecule has 2 aromatic rings. The first-order valence-electron chi connectivity index (χ1n) is 6.07. The monoisotopic (exact) mass is 241 g/mol. The molecule has 0 fully saturated rings. The number of nitrogens with zero attached hydrogens (tertiary/aromatic N) is 3. The van der Waals surface area contributed by atoms with Crippen molar-refractivity contribution >= 4 is 5.78 Å². The average molecular weight is 241 g/mol. The molecule has 1 aliphatic rings. The van der Waals surface area contributed by atoms with Crippen LogP contribution in [0, 0.1) is 5.41 Å². The molecule has 2 aromatic heterocycles. The summed E-state index contributed by atoms with van der Waals surface area (Å²) >= 11 is 0. The molecule has 18 heavy (non-hydrogen) atoms. The average Bonchev–Trinajstić information content (AvgIpc) is 2.72. The summed E-state index contributed by atoms with van der Waals surface area (Å²) in [5, 5.41) is 0. The molecule has 0 spiro atoms. The van der Waals surface area contributed by atoms with Crippen LogP contribution in [0.2, 0.25) is 0 Å². The van der Waals surface area contributed by atoms with Crippen LogP contribution in [0.1, 0.15) is 36.3 Å². The van der Waals surface area contributed by atoms with Crippen molar-refractivity contribution in [1.82, 2.24) is 14.5 Å². The van der Waals surface area contributed by atoms with Gasteiger partial charge in [0.15, 0.2) is 11.6 Å². The Labute approximate surface area is 106 Å². The largest absolute Gasteiger partial charge is 0.304 e. The Morgan fingerprint density at radius 2 is 2.11 bits per heavy atom. The van der Waals surface area contributed by atoms with Crippen LogP contribution in [0.25, 0.3) is 5.82 Å². The fourth-order valence-corrected chi connectivity index (χ4v) is 2.58. The molecule has 3 rings (SSSR count). The van der Waals surface area contributed by atoms with E-state index in [2.05, 4.69) is 23.8 Å². The summed E-state index contributed by atoms with van der Waals surface area (Å²) < 4.78 is 1.97. The highest BCUT2D eigenvalue weighted by Gasteiger charge is 2.33. The van der Waals surface area contributed by atoms with E-state index in [9.17, 15) is 4.79 Å². The molecular formula is C14H15N3O. The van der Waals surface area contributed by atoms with E-state index in [0.717, 1.165) is 23.5 Å². The van der Waals surface area contributed by atoms with Crippen molar-refractivity contribution in [3.63, 3.8) is 0 Å². The zero-order valence-electron chi connectivity index (χ0n) is 10.6. The molecule has 0 amide bonds. The molecule has 0 bridgehead atoms. The van der Waals surface area contributed by atoms with E-state index in [4.69, 9.17) is 0 Å². The second kappa shape index (κ2) is 3.77. The molecule has 0 radical (unpaired) electrons. The lowest BCUT2D eigenvalue weighted by Crippen LogP contribution is -2.27. The molecule has 0 aromatic carbocycles. The molecular weight excluding hydrogens is 226 g/mol. The van der Waals surface area contributed by atoms with Crippen LogP contribution in [-0.4, -0.2) is 20.3 Å². The maximum Gasteiger partial charge on any atom is 0.165 e.